The van der Waals surface area contributed by atoms with Gasteiger partial charge in [-0.25, -0.2) is 0 Å². The third-order valence-corrected chi connectivity index (χ3v) is 4.54. The van der Waals surface area contributed by atoms with Crippen molar-refractivity contribution in [2.45, 2.75) is 23.1 Å². The molecule has 0 aliphatic rings. The second kappa shape index (κ2) is 7.30. The Morgan fingerprint density at radius 3 is 1.31 bits per heavy atom. The van der Waals surface area contributed by atoms with Gasteiger partial charge in [-0.2, -0.15) is 0 Å². The van der Waals surface area contributed by atoms with Crippen LogP contribution in [0.2, 0.25) is 23.1 Å². The van der Waals surface area contributed by atoms with Gasteiger partial charge in [0.1, 0.15) is 0 Å². The van der Waals surface area contributed by atoms with Gasteiger partial charge in [-0.3, -0.25) is 0 Å². The molecule has 4 heteroatoms. The lowest BCUT2D eigenvalue weighted by molar-refractivity contribution is 0.223. The van der Waals surface area contributed by atoms with Crippen molar-refractivity contribution in [1.29, 1.82) is 0 Å². The maximum atomic E-state index is 2.47. The molecule has 2 nitrogen and oxygen atoms in total. The van der Waals surface area contributed by atoms with E-state index >= 15 is 0 Å². The van der Waals surface area contributed by atoms with E-state index in [0.717, 1.165) is 6.67 Å². The largest absolute Gasteiger partial charge is 0.307 e. The van der Waals surface area contributed by atoms with Crippen molar-refractivity contribution in [3.63, 3.8) is 0 Å². The van der Waals surface area contributed by atoms with Crippen LogP contribution in [0, 0.1) is 0 Å². The van der Waals surface area contributed by atoms with Crippen LogP contribution in [0.25, 0.3) is 0 Å². The van der Waals surface area contributed by atoms with Crippen LogP contribution in [0.1, 0.15) is 0 Å². The van der Waals surface area contributed by atoms with Gasteiger partial charge in [-0.15, -0.1) is 23.1 Å². The fraction of sp³-hybridized carbons (Fsp3) is 1.00. The number of nitrogens with zero attached hydrogens (tertiary/aromatic N) is 2. The summed E-state index contributed by atoms with van der Waals surface area (Å²) in [6, 6.07) is 0. The fourth-order valence-electron chi connectivity index (χ4n) is 1.77. The molecule has 0 spiro atoms. The SMILES string of the molecule is CN(CN(C)[CH2][Al]([CH3])[CH3])[CH2][Al]([CH3])[CH3]. The lowest BCUT2D eigenvalue weighted by atomic mass is 10.8. The Bertz CT molecular complexity index is 115. The highest BCUT2D eigenvalue weighted by molar-refractivity contribution is 6.56. The second-order valence-corrected chi connectivity index (χ2v) is 11.3. The van der Waals surface area contributed by atoms with Crippen molar-refractivity contribution in [3.8, 4) is 0 Å². The lowest BCUT2D eigenvalue weighted by Gasteiger charge is -2.25. The summed E-state index contributed by atoms with van der Waals surface area (Å²) in [5, 5.41) is 2.67. The molecule has 0 saturated carbocycles. The summed E-state index contributed by atoms with van der Waals surface area (Å²) >= 11 is -0.825. The summed E-state index contributed by atoms with van der Waals surface area (Å²) in [6.45, 7) is 1.15. The summed E-state index contributed by atoms with van der Waals surface area (Å²) in [5.74, 6) is 9.64. The Morgan fingerprint density at radius 1 is 0.769 bits per heavy atom. The molecular weight excluding hydrogens is 190 g/mol. The summed E-state index contributed by atoms with van der Waals surface area (Å²) in [4.78, 5) is 4.93. The molecule has 0 heterocycles. The molecule has 0 aliphatic carbocycles. The molecule has 0 bridgehead atoms. The van der Waals surface area contributed by atoms with Crippen LogP contribution < -0.4 is 0 Å². The van der Waals surface area contributed by atoms with Gasteiger partial charge in [0.25, 0.3) is 28.3 Å². The maximum absolute atomic E-state index is 2.47. The summed E-state index contributed by atoms with van der Waals surface area (Å²) < 4.78 is 0. The van der Waals surface area contributed by atoms with E-state index < -0.39 is 28.3 Å². The minimum Gasteiger partial charge on any atom is -0.307 e. The highest BCUT2D eigenvalue weighted by atomic mass is 27.2. The van der Waals surface area contributed by atoms with Gasteiger partial charge >= 0.3 is 0 Å². The Morgan fingerprint density at radius 2 is 1.08 bits per heavy atom. The van der Waals surface area contributed by atoms with E-state index in [9.17, 15) is 0 Å². The predicted octanol–water partition coefficient (Wildman–Crippen LogP) is 1.39. The van der Waals surface area contributed by atoms with Crippen molar-refractivity contribution in [3.05, 3.63) is 0 Å². The summed E-state index contributed by atoms with van der Waals surface area (Å²) in [5.41, 5.74) is 0. The molecule has 0 atom stereocenters. The van der Waals surface area contributed by atoms with Gasteiger partial charge in [-0.1, -0.05) is 0 Å². The Hall–Kier alpha value is 0.985. The van der Waals surface area contributed by atoms with Crippen molar-refractivity contribution in [2.24, 2.45) is 0 Å². The summed E-state index contributed by atoms with van der Waals surface area (Å²) in [6.07, 6.45) is 0. The molecule has 0 unspecified atom stereocenters. The van der Waals surface area contributed by atoms with Crippen LogP contribution in [0.4, 0.5) is 0 Å². The average molecular weight is 214 g/mol. The van der Waals surface area contributed by atoms with Gasteiger partial charge in [0.2, 0.25) is 0 Å². The first kappa shape index (κ1) is 14.0. The molecule has 0 fully saturated rings. The molecule has 0 aromatic carbocycles. The first-order valence-corrected chi connectivity index (χ1v) is 11.5. The van der Waals surface area contributed by atoms with E-state index in [-0.39, 0.29) is 0 Å². The summed E-state index contributed by atoms with van der Waals surface area (Å²) in [7, 11) is 4.48. The predicted molar refractivity (Wildman–Crippen MR) is 65.1 cm³/mol. The van der Waals surface area contributed by atoms with Crippen LogP contribution in [-0.2, 0) is 0 Å². The maximum Gasteiger partial charge on any atom is 0.275 e. The standard InChI is InChI=1S/C5H12N2.4CH3.2Al/c1-6(2)5-7(3)4;;;;;;/h1,3,5H2,2,4H3;4*1H3;;. The molecule has 0 rings (SSSR count). The van der Waals surface area contributed by atoms with E-state index in [0.29, 0.717) is 0 Å². The Balaban J connectivity index is 3.58. The molecule has 13 heavy (non-hydrogen) atoms. The molecule has 0 aromatic rings. The number of hydrogen-bond donors (Lipinski definition) is 0. The highest BCUT2D eigenvalue weighted by Crippen LogP contribution is 1.92. The molecule has 0 radical (unpaired) electrons. The fourth-order valence-corrected chi connectivity index (χ4v) is 4.50. The monoisotopic (exact) mass is 214 g/mol. The zero-order chi connectivity index (χ0) is 10.4. The van der Waals surface area contributed by atoms with Gasteiger partial charge in [0.05, 0.1) is 0 Å². The third kappa shape index (κ3) is 9.29. The molecular formula is C9H24Al2N2. The first-order valence-electron chi connectivity index (χ1n) is 5.29. The van der Waals surface area contributed by atoms with E-state index in [1.807, 2.05) is 0 Å². The second-order valence-electron chi connectivity index (χ2n) is 5.01. The van der Waals surface area contributed by atoms with Gasteiger partial charge in [-0.05, 0) is 24.9 Å². The van der Waals surface area contributed by atoms with Gasteiger partial charge in [0.15, 0.2) is 0 Å². The van der Waals surface area contributed by atoms with E-state index in [1.54, 1.807) is 0 Å². The van der Waals surface area contributed by atoms with Crippen LogP contribution in [0.3, 0.4) is 0 Å². The minimum absolute atomic E-state index is 0.412. The topological polar surface area (TPSA) is 6.48 Å². The average Bonchev–Trinajstić information content (AvgIpc) is 1.80. The lowest BCUT2D eigenvalue weighted by Crippen LogP contribution is -2.40. The van der Waals surface area contributed by atoms with Gasteiger partial charge in [0, 0.05) is 6.67 Å². The van der Waals surface area contributed by atoms with Crippen molar-refractivity contribution in [2.75, 3.05) is 31.6 Å². The number of hydrogen-bond acceptors (Lipinski definition) is 2. The Labute approximate surface area is 92.7 Å². The van der Waals surface area contributed by atoms with Crippen molar-refractivity contribution >= 4 is 28.3 Å². The first-order chi connectivity index (χ1) is 5.91. The van der Waals surface area contributed by atoms with Crippen LogP contribution in [0.15, 0.2) is 0 Å². The van der Waals surface area contributed by atoms with Crippen molar-refractivity contribution < 1.29 is 0 Å². The van der Waals surface area contributed by atoms with Crippen LogP contribution in [0.5, 0.6) is 0 Å². The smallest absolute Gasteiger partial charge is 0.275 e. The number of rotatable bonds is 6. The third-order valence-electron chi connectivity index (χ3n) is 1.84. The Kier molecular flexibility index (Phi) is 7.85. The molecule has 0 N–H and O–H groups in total. The quantitative estimate of drug-likeness (QED) is 0.487. The van der Waals surface area contributed by atoms with E-state index in [2.05, 4.69) is 47.0 Å². The molecule has 76 valence electrons. The zero-order valence-electron chi connectivity index (χ0n) is 10.2. The van der Waals surface area contributed by atoms with Gasteiger partial charge < -0.3 is 9.80 Å². The normalized spacial score (nSPS) is 11.1. The van der Waals surface area contributed by atoms with E-state index in [4.69, 9.17) is 0 Å². The van der Waals surface area contributed by atoms with E-state index in [1.165, 1.54) is 10.8 Å². The molecule has 0 aliphatic heterocycles. The molecule has 0 aromatic heterocycles. The zero-order valence-corrected chi connectivity index (χ0v) is 12.5. The minimum atomic E-state index is -0.412. The molecule has 0 amide bonds. The van der Waals surface area contributed by atoms with Crippen LogP contribution in [-0.4, -0.2) is 69.7 Å². The molecule has 0 saturated heterocycles. The van der Waals surface area contributed by atoms with Crippen molar-refractivity contribution in [1.82, 2.24) is 9.80 Å². The highest BCUT2D eigenvalue weighted by Gasteiger charge is 2.11. The van der Waals surface area contributed by atoms with Crippen LogP contribution >= 0.6 is 0 Å².